The molecule has 19 heavy (non-hydrogen) atoms. The molecule has 0 saturated heterocycles. The Morgan fingerprint density at radius 1 is 1.37 bits per heavy atom. The minimum Gasteiger partial charge on any atom is -0.497 e. The smallest absolute Gasteiger partial charge is 0.306 e. The fraction of sp³-hybridized carbons (Fsp3) is 0.364. The van der Waals surface area contributed by atoms with Gasteiger partial charge in [-0.25, -0.2) is 8.42 Å². The summed E-state index contributed by atoms with van der Waals surface area (Å²) < 4.78 is 35.9. The van der Waals surface area contributed by atoms with Crippen LogP contribution in [0.3, 0.4) is 0 Å². The molecule has 0 fully saturated rings. The van der Waals surface area contributed by atoms with Crippen LogP contribution in [0.1, 0.15) is 6.42 Å². The Morgan fingerprint density at radius 3 is 2.63 bits per heavy atom. The average Bonchev–Trinajstić information content (AvgIpc) is 2.38. The van der Waals surface area contributed by atoms with E-state index in [9.17, 15) is 13.2 Å². The molecule has 6 nitrogen and oxygen atoms in total. The van der Waals surface area contributed by atoms with Crippen LogP contribution in [0.15, 0.2) is 22.7 Å². The van der Waals surface area contributed by atoms with E-state index in [4.69, 9.17) is 4.74 Å². The predicted octanol–water partition coefficient (Wildman–Crippen LogP) is 1.76. The van der Waals surface area contributed by atoms with Gasteiger partial charge in [0.2, 0.25) is 10.0 Å². The van der Waals surface area contributed by atoms with E-state index in [1.807, 2.05) is 0 Å². The van der Waals surface area contributed by atoms with E-state index in [1.165, 1.54) is 14.2 Å². The standard InChI is InChI=1S/C11H14BrNO5S/c1-17-8-3-4-9(12)10(7-8)13-19(15,16)6-5-11(14)18-2/h3-4,7,13H,5-6H2,1-2H3. The molecular weight excluding hydrogens is 338 g/mol. The van der Waals surface area contributed by atoms with Crippen molar-refractivity contribution < 1.29 is 22.7 Å². The first kappa shape index (κ1) is 15.8. The molecule has 106 valence electrons. The zero-order chi connectivity index (χ0) is 14.5. The molecular formula is C11H14BrNO5S. The molecule has 0 aliphatic rings. The summed E-state index contributed by atoms with van der Waals surface area (Å²) in [4.78, 5) is 10.9. The van der Waals surface area contributed by atoms with Gasteiger partial charge in [-0.3, -0.25) is 9.52 Å². The van der Waals surface area contributed by atoms with Crippen LogP contribution < -0.4 is 9.46 Å². The molecule has 1 N–H and O–H groups in total. The minimum atomic E-state index is -3.62. The highest BCUT2D eigenvalue weighted by Gasteiger charge is 2.15. The van der Waals surface area contributed by atoms with Gasteiger partial charge in [-0.1, -0.05) is 0 Å². The van der Waals surface area contributed by atoms with Crippen LogP contribution in [0.4, 0.5) is 5.69 Å². The molecule has 8 heteroatoms. The molecule has 0 unspecified atom stereocenters. The summed E-state index contributed by atoms with van der Waals surface area (Å²) in [5.74, 6) is -0.396. The van der Waals surface area contributed by atoms with Crippen LogP contribution in [0.25, 0.3) is 0 Å². The number of nitrogens with one attached hydrogen (secondary N) is 1. The first-order valence-corrected chi connectivity index (χ1v) is 7.73. The second-order valence-corrected chi connectivity index (χ2v) is 6.29. The molecule has 0 saturated carbocycles. The van der Waals surface area contributed by atoms with E-state index >= 15 is 0 Å². The van der Waals surface area contributed by atoms with E-state index in [-0.39, 0.29) is 12.2 Å². The van der Waals surface area contributed by atoms with Gasteiger partial charge in [-0.15, -0.1) is 0 Å². The third-order valence-corrected chi connectivity index (χ3v) is 4.21. The van der Waals surface area contributed by atoms with Crippen LogP contribution >= 0.6 is 15.9 Å². The number of hydrogen-bond donors (Lipinski definition) is 1. The number of rotatable bonds is 6. The SMILES string of the molecule is COC(=O)CCS(=O)(=O)Nc1cc(OC)ccc1Br. The highest BCUT2D eigenvalue weighted by molar-refractivity contribution is 9.10. The van der Waals surface area contributed by atoms with Gasteiger partial charge in [0.05, 0.1) is 32.1 Å². The van der Waals surface area contributed by atoms with Crippen LogP contribution in [-0.4, -0.2) is 34.4 Å². The molecule has 0 radical (unpaired) electrons. The number of anilines is 1. The number of carbonyl (C=O) groups is 1. The van der Waals surface area contributed by atoms with Gasteiger partial charge in [-0.2, -0.15) is 0 Å². The molecule has 1 rings (SSSR count). The Hall–Kier alpha value is -1.28. The first-order valence-electron chi connectivity index (χ1n) is 5.29. The summed E-state index contributed by atoms with van der Waals surface area (Å²) in [5, 5.41) is 0. The van der Waals surface area contributed by atoms with Crippen molar-refractivity contribution in [3.8, 4) is 5.75 Å². The second-order valence-electron chi connectivity index (χ2n) is 3.59. The van der Waals surface area contributed by atoms with Crippen molar-refractivity contribution in [2.24, 2.45) is 0 Å². The summed E-state index contributed by atoms with van der Waals surface area (Å²) in [5.41, 5.74) is 0.351. The quantitative estimate of drug-likeness (QED) is 0.789. The second kappa shape index (κ2) is 6.76. The normalized spacial score (nSPS) is 10.9. The molecule has 0 aromatic heterocycles. The fourth-order valence-corrected chi connectivity index (χ4v) is 2.77. The molecule has 0 aliphatic heterocycles. The molecule has 1 aromatic rings. The van der Waals surface area contributed by atoms with Gasteiger partial charge in [0.15, 0.2) is 0 Å². The zero-order valence-corrected chi connectivity index (χ0v) is 12.9. The maximum Gasteiger partial charge on any atom is 0.306 e. The van der Waals surface area contributed by atoms with Crippen LogP contribution in [0.2, 0.25) is 0 Å². The van der Waals surface area contributed by atoms with Crippen molar-refractivity contribution in [3.63, 3.8) is 0 Å². The van der Waals surface area contributed by atoms with E-state index in [0.717, 1.165) is 0 Å². The van der Waals surface area contributed by atoms with Gasteiger partial charge < -0.3 is 9.47 Å². The number of esters is 1. The summed E-state index contributed by atoms with van der Waals surface area (Å²) in [6.07, 6.45) is -0.201. The monoisotopic (exact) mass is 351 g/mol. The van der Waals surface area contributed by atoms with Gasteiger partial charge >= 0.3 is 5.97 Å². The molecule has 0 amide bonds. The number of sulfonamides is 1. The lowest BCUT2D eigenvalue weighted by Crippen LogP contribution is -2.19. The number of methoxy groups -OCH3 is 2. The average molecular weight is 352 g/mol. The number of carbonyl (C=O) groups excluding carboxylic acids is 1. The van der Waals surface area contributed by atoms with E-state index in [2.05, 4.69) is 25.4 Å². The number of hydrogen-bond acceptors (Lipinski definition) is 5. The molecule has 0 bridgehead atoms. The number of halogens is 1. The first-order chi connectivity index (χ1) is 8.88. The topological polar surface area (TPSA) is 81.7 Å². The lowest BCUT2D eigenvalue weighted by molar-refractivity contribution is -0.140. The largest absolute Gasteiger partial charge is 0.497 e. The van der Waals surface area contributed by atoms with Gasteiger partial charge in [0.25, 0.3) is 0 Å². The van der Waals surface area contributed by atoms with Gasteiger partial charge in [-0.05, 0) is 28.1 Å². The summed E-state index contributed by atoms with van der Waals surface area (Å²) in [7, 11) is -0.929. The molecule has 1 aromatic carbocycles. The molecule has 0 aliphatic carbocycles. The van der Waals surface area contributed by atoms with Crippen molar-refractivity contribution in [1.82, 2.24) is 0 Å². The van der Waals surface area contributed by atoms with Crippen LogP contribution in [0, 0.1) is 0 Å². The van der Waals surface area contributed by atoms with Crippen molar-refractivity contribution in [1.29, 1.82) is 0 Å². The van der Waals surface area contributed by atoms with E-state index in [1.54, 1.807) is 18.2 Å². The lowest BCUT2D eigenvalue weighted by atomic mass is 10.3. The van der Waals surface area contributed by atoms with E-state index in [0.29, 0.717) is 15.9 Å². The van der Waals surface area contributed by atoms with Gasteiger partial charge in [0.1, 0.15) is 5.75 Å². The van der Waals surface area contributed by atoms with Gasteiger partial charge in [0, 0.05) is 10.5 Å². The number of benzene rings is 1. The molecule has 0 atom stereocenters. The maximum atomic E-state index is 11.8. The predicted molar refractivity (Wildman–Crippen MR) is 74.7 cm³/mol. The molecule has 0 heterocycles. The van der Waals surface area contributed by atoms with Crippen molar-refractivity contribution in [2.75, 3.05) is 24.7 Å². The Morgan fingerprint density at radius 2 is 2.05 bits per heavy atom. The van der Waals surface area contributed by atoms with E-state index < -0.39 is 16.0 Å². The zero-order valence-electron chi connectivity index (χ0n) is 10.5. The summed E-state index contributed by atoms with van der Waals surface area (Å²) in [6, 6.07) is 4.90. The number of ether oxygens (including phenoxy) is 2. The highest BCUT2D eigenvalue weighted by Crippen LogP contribution is 2.28. The Labute approximate surface area is 120 Å². The Balaban J connectivity index is 2.80. The molecule has 0 spiro atoms. The van der Waals surface area contributed by atoms with Crippen LogP contribution in [0.5, 0.6) is 5.75 Å². The Kier molecular flexibility index (Phi) is 5.61. The third-order valence-electron chi connectivity index (χ3n) is 2.24. The fourth-order valence-electron chi connectivity index (χ4n) is 1.25. The lowest BCUT2D eigenvalue weighted by Gasteiger charge is -2.10. The Bertz CT molecular complexity index is 558. The summed E-state index contributed by atoms with van der Waals surface area (Å²) in [6.45, 7) is 0. The summed E-state index contributed by atoms with van der Waals surface area (Å²) >= 11 is 3.23. The minimum absolute atomic E-state index is 0.201. The maximum absolute atomic E-state index is 11.8. The third kappa shape index (κ3) is 5.07. The van der Waals surface area contributed by atoms with Crippen LogP contribution in [-0.2, 0) is 19.6 Å². The highest BCUT2D eigenvalue weighted by atomic mass is 79.9. The van der Waals surface area contributed by atoms with Crippen molar-refractivity contribution in [2.45, 2.75) is 6.42 Å². The van der Waals surface area contributed by atoms with Crippen molar-refractivity contribution >= 4 is 37.6 Å². The van der Waals surface area contributed by atoms with Crippen molar-refractivity contribution in [3.05, 3.63) is 22.7 Å².